The number of nitrogens with zero attached hydrogens (tertiary/aromatic N) is 1. The minimum absolute atomic E-state index is 0. The van der Waals surface area contributed by atoms with E-state index < -0.39 is 0 Å². The van der Waals surface area contributed by atoms with Crippen LogP contribution in [0.1, 0.15) is 54.7 Å². The highest BCUT2D eigenvalue weighted by Gasteiger charge is 2.15. The van der Waals surface area contributed by atoms with Gasteiger partial charge in [-0.3, -0.25) is 4.79 Å². The van der Waals surface area contributed by atoms with Gasteiger partial charge in [0.15, 0.2) is 5.96 Å². The Balaban J connectivity index is 0.00000420. The zero-order valence-corrected chi connectivity index (χ0v) is 20.3. The first-order valence-corrected chi connectivity index (χ1v) is 9.76. The van der Waals surface area contributed by atoms with E-state index in [1.54, 1.807) is 0 Å². The summed E-state index contributed by atoms with van der Waals surface area (Å²) in [5, 5.41) is 9.61. The zero-order valence-electron chi connectivity index (χ0n) is 18.0. The Morgan fingerprint density at radius 3 is 2.31 bits per heavy atom. The van der Waals surface area contributed by atoms with Crippen LogP contribution in [0.15, 0.2) is 53.5 Å². The lowest BCUT2D eigenvalue weighted by Gasteiger charge is -2.20. The van der Waals surface area contributed by atoms with Crippen molar-refractivity contribution in [3.63, 3.8) is 0 Å². The number of nitrogens with one attached hydrogen (secondary N) is 3. The Labute approximate surface area is 191 Å². The van der Waals surface area contributed by atoms with Crippen molar-refractivity contribution in [3.8, 4) is 0 Å². The molecule has 2 rings (SSSR count). The van der Waals surface area contributed by atoms with Crippen molar-refractivity contribution in [3.05, 3.63) is 70.8 Å². The van der Waals surface area contributed by atoms with Crippen molar-refractivity contribution in [2.24, 2.45) is 4.99 Å². The molecular formula is C23H33IN4O. The molecule has 0 heterocycles. The summed E-state index contributed by atoms with van der Waals surface area (Å²) in [7, 11) is 0. The Morgan fingerprint density at radius 1 is 1.00 bits per heavy atom. The number of aliphatic imine (C=N–C) groups is 1. The monoisotopic (exact) mass is 508 g/mol. The second-order valence-corrected chi connectivity index (χ2v) is 7.94. The molecule has 0 atom stereocenters. The Kier molecular flexibility index (Phi) is 10.2. The molecule has 2 aromatic carbocycles. The molecule has 0 aromatic heterocycles. The van der Waals surface area contributed by atoms with Gasteiger partial charge in [-0.25, -0.2) is 4.99 Å². The van der Waals surface area contributed by atoms with Crippen LogP contribution in [0.3, 0.4) is 0 Å². The molecule has 5 nitrogen and oxygen atoms in total. The lowest BCUT2D eigenvalue weighted by Crippen LogP contribution is -2.40. The maximum absolute atomic E-state index is 12.4. The van der Waals surface area contributed by atoms with Crippen molar-refractivity contribution in [2.75, 3.05) is 6.54 Å². The smallest absolute Gasteiger partial charge is 0.251 e. The van der Waals surface area contributed by atoms with Crippen LogP contribution < -0.4 is 16.0 Å². The molecule has 0 saturated carbocycles. The largest absolute Gasteiger partial charge is 0.357 e. The first kappa shape index (κ1) is 24.9. The van der Waals surface area contributed by atoms with Crippen molar-refractivity contribution in [2.45, 2.75) is 53.2 Å². The van der Waals surface area contributed by atoms with E-state index in [4.69, 9.17) is 0 Å². The number of benzene rings is 2. The molecule has 29 heavy (non-hydrogen) atoms. The summed E-state index contributed by atoms with van der Waals surface area (Å²) < 4.78 is 0. The molecule has 0 aliphatic carbocycles. The van der Waals surface area contributed by atoms with Crippen LogP contribution in [0.2, 0.25) is 0 Å². The van der Waals surface area contributed by atoms with Gasteiger partial charge in [0.05, 0.1) is 6.54 Å². The van der Waals surface area contributed by atoms with E-state index in [0.717, 1.165) is 18.1 Å². The molecule has 3 N–H and O–H groups in total. The summed E-state index contributed by atoms with van der Waals surface area (Å²) >= 11 is 0. The minimum atomic E-state index is -0.261. The molecule has 0 unspecified atom stereocenters. The number of carbonyl (C=O) groups excluding carboxylic acids is 1. The first-order chi connectivity index (χ1) is 13.3. The van der Waals surface area contributed by atoms with Crippen LogP contribution in [0.4, 0.5) is 0 Å². The lowest BCUT2D eigenvalue weighted by atomic mass is 10.1. The van der Waals surface area contributed by atoms with Crippen molar-refractivity contribution in [1.29, 1.82) is 0 Å². The Morgan fingerprint density at radius 2 is 1.69 bits per heavy atom. The third-order valence-electron chi connectivity index (χ3n) is 4.02. The average molecular weight is 508 g/mol. The number of carbonyl (C=O) groups is 1. The second-order valence-electron chi connectivity index (χ2n) is 7.94. The lowest BCUT2D eigenvalue weighted by molar-refractivity contribution is 0.0919. The maximum atomic E-state index is 12.4. The molecule has 1 amide bonds. The number of amides is 1. The molecule has 0 aliphatic heterocycles. The van der Waals surface area contributed by atoms with Gasteiger partial charge in [-0.15, -0.1) is 24.0 Å². The molecule has 2 aromatic rings. The molecular weight excluding hydrogens is 475 g/mol. The first-order valence-electron chi connectivity index (χ1n) is 9.76. The molecule has 6 heteroatoms. The summed E-state index contributed by atoms with van der Waals surface area (Å²) in [5.41, 5.74) is 3.84. The van der Waals surface area contributed by atoms with Crippen LogP contribution in [-0.4, -0.2) is 24.0 Å². The Hall–Kier alpha value is -2.09. The van der Waals surface area contributed by atoms with E-state index in [1.807, 2.05) is 52.0 Å². The molecule has 0 bridgehead atoms. The quantitative estimate of drug-likeness (QED) is 0.308. The van der Waals surface area contributed by atoms with Gasteiger partial charge in [-0.2, -0.15) is 0 Å². The third-order valence-corrected chi connectivity index (χ3v) is 4.02. The van der Waals surface area contributed by atoms with Gasteiger partial charge < -0.3 is 16.0 Å². The molecule has 0 spiro atoms. The minimum Gasteiger partial charge on any atom is -0.357 e. The van der Waals surface area contributed by atoms with Crippen LogP contribution in [-0.2, 0) is 13.1 Å². The van der Waals surface area contributed by atoms with Gasteiger partial charge in [0.1, 0.15) is 0 Å². The predicted molar refractivity (Wildman–Crippen MR) is 132 cm³/mol. The summed E-state index contributed by atoms with van der Waals surface area (Å²) in [5.74, 6) is 0.690. The highest BCUT2D eigenvalue weighted by Crippen LogP contribution is 2.09. The molecule has 0 saturated heterocycles. The summed E-state index contributed by atoms with van der Waals surface area (Å²) in [4.78, 5) is 17.0. The van der Waals surface area contributed by atoms with Crippen molar-refractivity contribution < 1.29 is 4.79 Å². The summed E-state index contributed by atoms with van der Waals surface area (Å²) in [6.07, 6.45) is 0. The number of guanidine groups is 1. The van der Waals surface area contributed by atoms with E-state index in [0.29, 0.717) is 18.7 Å². The van der Waals surface area contributed by atoms with Crippen LogP contribution in [0, 0.1) is 6.92 Å². The summed E-state index contributed by atoms with van der Waals surface area (Å²) in [6.45, 7) is 12.0. The van der Waals surface area contributed by atoms with Gasteiger partial charge in [0.25, 0.3) is 5.91 Å². The second kappa shape index (κ2) is 11.8. The average Bonchev–Trinajstić information content (AvgIpc) is 2.64. The topological polar surface area (TPSA) is 65.5 Å². The highest BCUT2D eigenvalue weighted by molar-refractivity contribution is 14.0. The number of hydrogen-bond donors (Lipinski definition) is 3. The molecule has 0 aliphatic rings. The fourth-order valence-corrected chi connectivity index (χ4v) is 2.63. The third kappa shape index (κ3) is 9.30. The normalized spacial score (nSPS) is 11.4. The number of rotatable bonds is 6. The van der Waals surface area contributed by atoms with Gasteiger partial charge in [0.2, 0.25) is 0 Å². The molecule has 158 valence electrons. The number of hydrogen-bond acceptors (Lipinski definition) is 2. The van der Waals surface area contributed by atoms with Gasteiger partial charge in [-0.1, -0.05) is 42.0 Å². The maximum Gasteiger partial charge on any atom is 0.251 e. The number of halogens is 1. The van der Waals surface area contributed by atoms with Crippen molar-refractivity contribution in [1.82, 2.24) is 16.0 Å². The van der Waals surface area contributed by atoms with E-state index in [2.05, 4.69) is 52.1 Å². The van der Waals surface area contributed by atoms with Crippen LogP contribution in [0.25, 0.3) is 0 Å². The molecule has 0 fully saturated rings. The van der Waals surface area contributed by atoms with E-state index in [9.17, 15) is 4.79 Å². The Bertz CT molecular complexity index is 810. The van der Waals surface area contributed by atoms with Gasteiger partial charge >= 0.3 is 0 Å². The van der Waals surface area contributed by atoms with Gasteiger partial charge in [0, 0.05) is 24.2 Å². The fourth-order valence-electron chi connectivity index (χ4n) is 2.63. The predicted octanol–water partition coefficient (Wildman–Crippen LogP) is 4.40. The standard InChI is InChI=1S/C23H32N4O.HI/c1-6-24-22(25-15-18-12-10-17(2)11-13-18)26-16-19-8-7-9-20(14-19)21(28)27-23(3,4)5;/h7-14H,6,15-16H2,1-5H3,(H,27,28)(H2,24,25,26);1H. The highest BCUT2D eigenvalue weighted by atomic mass is 127. The van der Waals surface area contributed by atoms with Crippen molar-refractivity contribution >= 4 is 35.8 Å². The number of aryl methyl sites for hydroxylation is 1. The van der Waals surface area contributed by atoms with Gasteiger partial charge in [-0.05, 0) is 57.9 Å². The van der Waals surface area contributed by atoms with Crippen LogP contribution in [0.5, 0.6) is 0 Å². The van der Waals surface area contributed by atoms with E-state index >= 15 is 0 Å². The molecule has 0 radical (unpaired) electrons. The fraction of sp³-hybridized carbons (Fsp3) is 0.391. The SMILES string of the molecule is CCNC(=NCc1cccc(C(=O)NC(C)(C)C)c1)NCc1ccc(C)cc1.I. The van der Waals surface area contributed by atoms with Crippen LogP contribution >= 0.6 is 24.0 Å². The zero-order chi connectivity index (χ0) is 20.6. The summed E-state index contributed by atoms with van der Waals surface area (Å²) in [6, 6.07) is 16.1. The van der Waals surface area contributed by atoms with E-state index in [1.165, 1.54) is 11.1 Å². The van der Waals surface area contributed by atoms with E-state index in [-0.39, 0.29) is 35.4 Å².